The summed E-state index contributed by atoms with van der Waals surface area (Å²) in [5.41, 5.74) is 3.30. The molecule has 124 valence electrons. The molecule has 2 atom stereocenters. The van der Waals surface area contributed by atoms with E-state index in [0.717, 1.165) is 16.8 Å². The highest BCUT2D eigenvalue weighted by Gasteiger charge is 2.28. The average Bonchev–Trinajstić information content (AvgIpc) is 2.49. The van der Waals surface area contributed by atoms with E-state index in [1.165, 1.54) is 6.07 Å². The minimum atomic E-state index is -1.15. The van der Waals surface area contributed by atoms with E-state index < -0.39 is 11.4 Å². The van der Waals surface area contributed by atoms with Crippen molar-refractivity contribution in [2.45, 2.75) is 45.4 Å². The molecular formula is C18H23FN2OS. The van der Waals surface area contributed by atoms with E-state index in [0.29, 0.717) is 5.56 Å². The summed E-state index contributed by atoms with van der Waals surface area (Å²) >= 11 is -1.15. The van der Waals surface area contributed by atoms with E-state index >= 15 is 0 Å². The zero-order valence-corrected chi connectivity index (χ0v) is 15.0. The second-order valence-electron chi connectivity index (χ2n) is 6.66. The molecule has 5 heteroatoms. The summed E-state index contributed by atoms with van der Waals surface area (Å²) in [6.45, 7) is 9.46. The zero-order chi connectivity index (χ0) is 17.2. The Kier molecular flexibility index (Phi) is 5.45. The van der Waals surface area contributed by atoms with Gasteiger partial charge in [-0.3, -0.25) is 4.98 Å². The Balaban J connectivity index is 2.14. The van der Waals surface area contributed by atoms with Gasteiger partial charge in [0.25, 0.3) is 0 Å². The fraction of sp³-hybridized carbons (Fsp3) is 0.389. The Bertz CT molecular complexity index is 668. The monoisotopic (exact) mass is 334 g/mol. The summed E-state index contributed by atoms with van der Waals surface area (Å²) in [5, 5.41) is 0. The van der Waals surface area contributed by atoms with Crippen LogP contribution in [0, 0.1) is 12.7 Å². The molecule has 1 heterocycles. The van der Waals surface area contributed by atoms with Crippen LogP contribution in [0.3, 0.4) is 0 Å². The lowest BCUT2D eigenvalue weighted by Crippen LogP contribution is -2.40. The number of aryl methyl sites for hydroxylation is 1. The van der Waals surface area contributed by atoms with Gasteiger partial charge in [-0.1, -0.05) is 12.1 Å². The van der Waals surface area contributed by atoms with Gasteiger partial charge in [-0.05, 0) is 63.9 Å². The topological polar surface area (TPSA) is 48.0 Å². The zero-order valence-electron chi connectivity index (χ0n) is 14.2. The molecule has 1 aromatic carbocycles. The molecule has 0 spiro atoms. The molecule has 0 bridgehead atoms. The Morgan fingerprint density at radius 2 is 1.83 bits per heavy atom. The van der Waals surface area contributed by atoms with Gasteiger partial charge in [-0.25, -0.2) is 4.39 Å². The molecule has 0 unspecified atom stereocenters. The minimum Gasteiger partial charge on any atom is -0.598 e. The number of hydrogen-bond donors (Lipinski definition) is 1. The van der Waals surface area contributed by atoms with E-state index in [9.17, 15) is 8.94 Å². The molecule has 0 aliphatic rings. The molecule has 0 aliphatic carbocycles. The molecule has 23 heavy (non-hydrogen) atoms. The van der Waals surface area contributed by atoms with Crippen molar-refractivity contribution in [1.29, 1.82) is 0 Å². The Morgan fingerprint density at radius 3 is 2.35 bits per heavy atom. The largest absolute Gasteiger partial charge is 0.598 e. The van der Waals surface area contributed by atoms with Crippen molar-refractivity contribution in [3.05, 3.63) is 53.6 Å². The number of aromatic nitrogens is 1. The van der Waals surface area contributed by atoms with Gasteiger partial charge in [0.05, 0.1) is 11.7 Å². The first-order valence-corrected chi connectivity index (χ1v) is 8.74. The fourth-order valence-corrected chi connectivity index (χ4v) is 2.85. The second kappa shape index (κ2) is 6.99. The molecule has 2 aromatic rings. The van der Waals surface area contributed by atoms with Crippen LogP contribution < -0.4 is 4.72 Å². The van der Waals surface area contributed by atoms with Crippen LogP contribution in [0.15, 0.2) is 36.5 Å². The van der Waals surface area contributed by atoms with Gasteiger partial charge >= 0.3 is 0 Å². The third-order valence-corrected chi connectivity index (χ3v) is 5.24. The molecule has 0 saturated carbocycles. The van der Waals surface area contributed by atoms with Gasteiger partial charge in [-0.2, -0.15) is 0 Å². The first kappa shape index (κ1) is 17.9. The van der Waals surface area contributed by atoms with E-state index in [-0.39, 0.29) is 16.6 Å². The highest BCUT2D eigenvalue weighted by molar-refractivity contribution is 7.90. The summed E-state index contributed by atoms with van der Waals surface area (Å²) in [4.78, 5) is 4.45. The summed E-state index contributed by atoms with van der Waals surface area (Å²) in [5.74, 6) is -0.208. The third-order valence-electron chi connectivity index (χ3n) is 3.56. The lowest BCUT2D eigenvalue weighted by atomic mass is 10.0. The van der Waals surface area contributed by atoms with Gasteiger partial charge in [0.2, 0.25) is 0 Å². The van der Waals surface area contributed by atoms with Crippen LogP contribution in [0.2, 0.25) is 0 Å². The molecule has 0 aliphatic heterocycles. The normalized spacial score (nSPS) is 14.6. The molecule has 0 amide bonds. The lowest BCUT2D eigenvalue weighted by Gasteiger charge is -2.26. The van der Waals surface area contributed by atoms with Gasteiger partial charge in [-0.15, -0.1) is 4.72 Å². The SMILES string of the molecule is Cc1cc(-c2ccc([C@H](C)N[S@@+]([O-])C(C)(C)C)nc2)ccc1F. The van der Waals surface area contributed by atoms with Gasteiger partial charge in [0.15, 0.2) is 0 Å². The van der Waals surface area contributed by atoms with E-state index in [1.54, 1.807) is 19.2 Å². The van der Waals surface area contributed by atoms with Crippen LogP contribution in [0.4, 0.5) is 4.39 Å². The van der Waals surface area contributed by atoms with Crippen molar-refractivity contribution in [3.63, 3.8) is 0 Å². The third kappa shape index (κ3) is 4.53. The maximum absolute atomic E-state index is 13.3. The number of nitrogens with one attached hydrogen (secondary N) is 1. The van der Waals surface area contributed by atoms with E-state index in [2.05, 4.69) is 9.71 Å². The van der Waals surface area contributed by atoms with E-state index in [4.69, 9.17) is 0 Å². The van der Waals surface area contributed by atoms with Crippen molar-refractivity contribution in [2.24, 2.45) is 0 Å². The van der Waals surface area contributed by atoms with Gasteiger partial charge in [0.1, 0.15) is 10.6 Å². The molecule has 0 fully saturated rings. The summed E-state index contributed by atoms with van der Waals surface area (Å²) in [6, 6.07) is 8.77. The Hall–Kier alpha value is -1.43. The summed E-state index contributed by atoms with van der Waals surface area (Å²) in [7, 11) is 0. The average molecular weight is 334 g/mol. The number of hydrogen-bond acceptors (Lipinski definition) is 3. The van der Waals surface area contributed by atoms with Crippen LogP contribution in [0.5, 0.6) is 0 Å². The van der Waals surface area contributed by atoms with Crippen molar-refractivity contribution < 1.29 is 8.94 Å². The standard InChI is InChI=1S/C18H23FN2OS/c1-12-10-14(6-8-16(12)19)15-7-9-17(20-11-15)13(2)21-23(22)18(3,4)5/h6-11,13,21H,1-5H3/t13-,23-/m0/s1. The summed E-state index contributed by atoms with van der Waals surface area (Å²) in [6.07, 6.45) is 1.76. The molecule has 3 nitrogen and oxygen atoms in total. The first-order chi connectivity index (χ1) is 10.7. The van der Waals surface area contributed by atoms with Crippen LogP contribution in [-0.4, -0.2) is 14.3 Å². The number of benzene rings is 1. The Labute approximate surface area is 140 Å². The van der Waals surface area contributed by atoms with Crippen LogP contribution in [-0.2, 0) is 11.4 Å². The fourth-order valence-electron chi connectivity index (χ4n) is 2.05. The Morgan fingerprint density at radius 1 is 1.17 bits per heavy atom. The maximum Gasteiger partial charge on any atom is 0.136 e. The van der Waals surface area contributed by atoms with Crippen LogP contribution in [0.1, 0.15) is 45.0 Å². The predicted molar refractivity (Wildman–Crippen MR) is 93.8 cm³/mol. The number of pyridine rings is 1. The van der Waals surface area contributed by atoms with E-state index in [1.807, 2.05) is 45.9 Å². The minimum absolute atomic E-state index is 0.112. The first-order valence-electron chi connectivity index (χ1n) is 7.59. The van der Waals surface area contributed by atoms with Crippen molar-refractivity contribution in [2.75, 3.05) is 0 Å². The molecule has 1 N–H and O–H groups in total. The van der Waals surface area contributed by atoms with Crippen molar-refractivity contribution >= 4 is 11.4 Å². The summed E-state index contributed by atoms with van der Waals surface area (Å²) < 4.78 is 28.2. The van der Waals surface area contributed by atoms with Gasteiger partial charge < -0.3 is 4.55 Å². The van der Waals surface area contributed by atoms with Crippen LogP contribution in [0.25, 0.3) is 11.1 Å². The smallest absolute Gasteiger partial charge is 0.136 e. The highest BCUT2D eigenvalue weighted by Crippen LogP contribution is 2.23. The highest BCUT2D eigenvalue weighted by atomic mass is 32.2. The molecule has 1 aromatic heterocycles. The molecule has 0 radical (unpaired) electrons. The number of rotatable bonds is 4. The quantitative estimate of drug-likeness (QED) is 0.848. The lowest BCUT2D eigenvalue weighted by molar-refractivity contribution is 0.529. The number of nitrogens with zero attached hydrogens (tertiary/aromatic N) is 1. The van der Waals surface area contributed by atoms with Crippen LogP contribution >= 0.6 is 0 Å². The van der Waals surface area contributed by atoms with Gasteiger partial charge in [0, 0.05) is 23.1 Å². The second-order valence-corrected chi connectivity index (χ2v) is 8.65. The maximum atomic E-state index is 13.3. The number of halogens is 1. The molecule has 2 rings (SSSR count). The predicted octanol–water partition coefficient (Wildman–Crippen LogP) is 4.31. The molecular weight excluding hydrogens is 311 g/mol. The van der Waals surface area contributed by atoms with Crippen molar-refractivity contribution in [3.8, 4) is 11.1 Å². The molecule has 0 saturated heterocycles. The van der Waals surface area contributed by atoms with Crippen molar-refractivity contribution in [1.82, 2.24) is 9.71 Å².